The third-order valence-electron chi connectivity index (χ3n) is 10.0. The minimum absolute atomic E-state index is 0.772. The van der Waals surface area contributed by atoms with Crippen LogP contribution in [0.3, 0.4) is 0 Å². The molecule has 0 amide bonds. The molecule has 0 aliphatic carbocycles. The number of hydrogen-bond donors (Lipinski definition) is 0. The fourth-order valence-electron chi connectivity index (χ4n) is 7.35. The van der Waals surface area contributed by atoms with Crippen LogP contribution in [-0.4, -0.2) is 11.2 Å². The van der Waals surface area contributed by atoms with Crippen molar-refractivity contribution in [3.05, 3.63) is 188 Å². The lowest BCUT2D eigenvalue weighted by atomic mass is 9.84. The summed E-state index contributed by atoms with van der Waals surface area (Å²) in [6.07, 6.45) is 3.75. The maximum absolute atomic E-state index is 4.84. The number of para-hydroxylation sites is 1. The zero-order valence-corrected chi connectivity index (χ0v) is 28.3. The van der Waals surface area contributed by atoms with E-state index in [2.05, 4.69) is 158 Å². The summed E-state index contributed by atoms with van der Waals surface area (Å²) in [5.41, 5.74) is 10.7. The molecule has 9 rings (SSSR count). The van der Waals surface area contributed by atoms with E-state index in [1.807, 2.05) is 30.5 Å². The normalized spacial score (nSPS) is 11.6. The number of benzene rings is 8. The van der Waals surface area contributed by atoms with Crippen LogP contribution in [0.15, 0.2) is 182 Å². The summed E-state index contributed by atoms with van der Waals surface area (Å²) in [5, 5.41) is 9.85. The highest BCUT2D eigenvalue weighted by molar-refractivity contribution is 6.22. The summed E-state index contributed by atoms with van der Waals surface area (Å²) >= 11 is 0. The Morgan fingerprint density at radius 3 is 1.65 bits per heavy atom. The van der Waals surface area contributed by atoms with Crippen LogP contribution in [0.1, 0.15) is 11.3 Å². The SMILES string of the molecule is C=C(C=Nc1ccccc1C)c1ccc(-c2ccc3c(-c4ccc5ccccc5c4)c4ccccc4c(-c4ccc5ccccc5c4)c3c2)cn1. The second-order valence-corrected chi connectivity index (χ2v) is 13.2. The van der Waals surface area contributed by atoms with Crippen LogP contribution in [0.2, 0.25) is 0 Å². The summed E-state index contributed by atoms with van der Waals surface area (Å²) in [5.74, 6) is 0. The van der Waals surface area contributed by atoms with E-state index in [0.717, 1.165) is 33.6 Å². The zero-order chi connectivity index (χ0) is 34.3. The Kier molecular flexibility index (Phi) is 7.56. The molecule has 0 fully saturated rings. The summed E-state index contributed by atoms with van der Waals surface area (Å²) < 4.78 is 0. The fourth-order valence-corrected chi connectivity index (χ4v) is 7.35. The van der Waals surface area contributed by atoms with E-state index in [9.17, 15) is 0 Å². The third-order valence-corrected chi connectivity index (χ3v) is 10.0. The first kappa shape index (κ1) is 30.4. The maximum Gasteiger partial charge on any atom is 0.0711 e. The molecule has 9 aromatic rings. The molecular weight excluding hydrogens is 617 g/mol. The molecule has 0 atom stereocenters. The molecule has 0 aliphatic rings. The molecule has 2 heteroatoms. The first-order chi connectivity index (χ1) is 25.1. The predicted octanol–water partition coefficient (Wildman–Crippen LogP) is 13.4. The number of allylic oxidation sites excluding steroid dienone is 1. The molecule has 2 nitrogen and oxygen atoms in total. The number of aryl methyl sites for hydroxylation is 1. The quantitative estimate of drug-likeness (QED) is 0.130. The number of aliphatic imine (C=N–C) groups is 1. The van der Waals surface area contributed by atoms with Crippen molar-refractivity contribution >= 4 is 60.6 Å². The molecule has 0 N–H and O–H groups in total. The summed E-state index contributed by atoms with van der Waals surface area (Å²) in [6.45, 7) is 6.31. The largest absolute Gasteiger partial charge is 0.256 e. The van der Waals surface area contributed by atoms with Crippen LogP contribution in [-0.2, 0) is 0 Å². The maximum atomic E-state index is 4.84. The van der Waals surface area contributed by atoms with Crippen molar-refractivity contribution in [3.8, 4) is 33.4 Å². The van der Waals surface area contributed by atoms with E-state index >= 15 is 0 Å². The molecular formula is C49H34N2. The highest BCUT2D eigenvalue weighted by atomic mass is 14.7. The highest BCUT2D eigenvalue weighted by Gasteiger charge is 2.18. The van der Waals surface area contributed by atoms with E-state index in [1.165, 1.54) is 65.3 Å². The molecule has 0 saturated carbocycles. The topological polar surface area (TPSA) is 25.2 Å². The van der Waals surface area contributed by atoms with Gasteiger partial charge in [0.2, 0.25) is 0 Å². The van der Waals surface area contributed by atoms with Crippen LogP contribution in [0.25, 0.3) is 82.0 Å². The van der Waals surface area contributed by atoms with Crippen molar-refractivity contribution in [2.24, 2.45) is 4.99 Å². The third kappa shape index (κ3) is 5.57. The van der Waals surface area contributed by atoms with Crippen LogP contribution in [0, 0.1) is 6.92 Å². The van der Waals surface area contributed by atoms with Crippen LogP contribution in [0.4, 0.5) is 5.69 Å². The monoisotopic (exact) mass is 650 g/mol. The minimum Gasteiger partial charge on any atom is -0.256 e. The Morgan fingerprint density at radius 1 is 0.490 bits per heavy atom. The van der Waals surface area contributed by atoms with Crippen LogP contribution < -0.4 is 0 Å². The van der Waals surface area contributed by atoms with Crippen molar-refractivity contribution in [1.29, 1.82) is 0 Å². The Hall–Kier alpha value is -6.64. The van der Waals surface area contributed by atoms with Gasteiger partial charge in [0.15, 0.2) is 0 Å². The van der Waals surface area contributed by atoms with Gasteiger partial charge in [-0.15, -0.1) is 0 Å². The van der Waals surface area contributed by atoms with Crippen molar-refractivity contribution in [2.45, 2.75) is 6.92 Å². The lowest BCUT2D eigenvalue weighted by molar-refractivity contribution is 1.29. The number of rotatable bonds is 6. The van der Waals surface area contributed by atoms with Crippen molar-refractivity contribution in [2.75, 3.05) is 0 Å². The Labute approximate surface area is 297 Å². The predicted molar refractivity (Wildman–Crippen MR) is 219 cm³/mol. The lowest BCUT2D eigenvalue weighted by Crippen LogP contribution is -1.93. The molecule has 0 unspecified atom stereocenters. The molecule has 51 heavy (non-hydrogen) atoms. The van der Waals surface area contributed by atoms with Crippen molar-refractivity contribution in [1.82, 2.24) is 4.98 Å². The molecule has 0 saturated heterocycles. The first-order valence-electron chi connectivity index (χ1n) is 17.3. The molecule has 8 aromatic carbocycles. The number of fused-ring (bicyclic) bond motifs is 4. The average molecular weight is 651 g/mol. The van der Waals surface area contributed by atoms with Gasteiger partial charge in [-0.2, -0.15) is 0 Å². The van der Waals surface area contributed by atoms with E-state index < -0.39 is 0 Å². The summed E-state index contributed by atoms with van der Waals surface area (Å²) in [7, 11) is 0. The van der Waals surface area contributed by atoms with Gasteiger partial charge in [0.05, 0.1) is 11.4 Å². The van der Waals surface area contributed by atoms with Gasteiger partial charge in [0, 0.05) is 23.5 Å². The first-order valence-corrected chi connectivity index (χ1v) is 17.3. The lowest BCUT2D eigenvalue weighted by Gasteiger charge is -2.19. The Bertz CT molecular complexity index is 2820. The number of hydrogen-bond acceptors (Lipinski definition) is 2. The molecule has 0 spiro atoms. The van der Waals surface area contributed by atoms with E-state index in [4.69, 9.17) is 4.98 Å². The van der Waals surface area contributed by atoms with Crippen molar-refractivity contribution in [3.63, 3.8) is 0 Å². The smallest absolute Gasteiger partial charge is 0.0711 e. The molecule has 0 bridgehead atoms. The fraction of sp³-hybridized carbons (Fsp3) is 0.0204. The molecule has 0 radical (unpaired) electrons. The average Bonchev–Trinajstić information content (AvgIpc) is 3.19. The Balaban J connectivity index is 1.22. The van der Waals surface area contributed by atoms with Gasteiger partial charge >= 0.3 is 0 Å². The van der Waals surface area contributed by atoms with Gasteiger partial charge in [-0.1, -0.05) is 140 Å². The van der Waals surface area contributed by atoms with Crippen molar-refractivity contribution < 1.29 is 0 Å². The van der Waals surface area contributed by atoms with Gasteiger partial charge in [0.1, 0.15) is 0 Å². The summed E-state index contributed by atoms with van der Waals surface area (Å²) in [4.78, 5) is 9.50. The van der Waals surface area contributed by atoms with Gasteiger partial charge < -0.3 is 0 Å². The molecule has 1 aromatic heterocycles. The zero-order valence-electron chi connectivity index (χ0n) is 28.3. The summed E-state index contributed by atoms with van der Waals surface area (Å²) in [6, 6.07) is 58.9. The minimum atomic E-state index is 0.772. The van der Waals surface area contributed by atoms with Gasteiger partial charge in [0.25, 0.3) is 0 Å². The van der Waals surface area contributed by atoms with Gasteiger partial charge in [-0.25, -0.2) is 0 Å². The van der Waals surface area contributed by atoms with Gasteiger partial charge in [-0.05, 0) is 114 Å². The van der Waals surface area contributed by atoms with E-state index in [1.54, 1.807) is 6.21 Å². The number of nitrogens with zero attached hydrogens (tertiary/aromatic N) is 2. The van der Waals surface area contributed by atoms with Gasteiger partial charge in [-0.3, -0.25) is 9.98 Å². The van der Waals surface area contributed by atoms with E-state index in [0.29, 0.717) is 0 Å². The molecule has 240 valence electrons. The highest BCUT2D eigenvalue weighted by Crippen LogP contribution is 2.45. The standard InChI is InChI=1S/C49H34N2/c1-32-11-3-10-18-46(32)50-30-33(2)47-26-24-41(31-51-47)38-23-25-44-45(29-38)49(40-22-20-35-13-5-7-15-37(35)28-40)43-17-9-8-16-42(43)48(44)39-21-19-34-12-4-6-14-36(34)27-39/h3-31H,2H2,1H3. The number of aromatic nitrogens is 1. The molecule has 1 heterocycles. The second kappa shape index (κ2) is 12.7. The van der Waals surface area contributed by atoms with Crippen LogP contribution >= 0.6 is 0 Å². The van der Waals surface area contributed by atoms with E-state index in [-0.39, 0.29) is 0 Å². The van der Waals surface area contributed by atoms with Crippen LogP contribution in [0.5, 0.6) is 0 Å². The number of pyridine rings is 1. The second-order valence-electron chi connectivity index (χ2n) is 13.2. The molecule has 0 aliphatic heterocycles. The Morgan fingerprint density at radius 2 is 1.02 bits per heavy atom.